The van der Waals surface area contributed by atoms with E-state index in [0.29, 0.717) is 6.04 Å². The molecule has 1 fully saturated rings. The number of hydrogen-bond acceptors (Lipinski definition) is 2. The van der Waals surface area contributed by atoms with Crippen LogP contribution in [-0.2, 0) is 0 Å². The van der Waals surface area contributed by atoms with Crippen molar-refractivity contribution in [2.24, 2.45) is 0 Å². The number of carbonyl (C=O) groups excluding carboxylic acids is 1. The summed E-state index contributed by atoms with van der Waals surface area (Å²) in [5.41, 5.74) is 0.819. The van der Waals surface area contributed by atoms with E-state index in [9.17, 15) is 4.79 Å². The lowest BCUT2D eigenvalue weighted by Crippen LogP contribution is -2.32. The fourth-order valence-corrected chi connectivity index (χ4v) is 2.58. The summed E-state index contributed by atoms with van der Waals surface area (Å²) in [7, 11) is 0. The Morgan fingerprint density at radius 2 is 2.29 bits per heavy atom. The standard InChI is InChI=1S/C11H15NOS.H2/c1-8-6-9(7-14-8)11(13)12-10-4-2-3-5-10;/h6-7,10H,2-5H2,1H3,(H,12,13);1H. The molecule has 2 nitrogen and oxygen atoms in total. The van der Waals surface area contributed by atoms with Gasteiger partial charge >= 0.3 is 0 Å². The first kappa shape index (κ1) is 9.71. The molecule has 0 spiro atoms. The number of aryl methyl sites for hydroxylation is 1. The van der Waals surface area contributed by atoms with Crippen molar-refractivity contribution in [2.75, 3.05) is 0 Å². The first-order valence-electron chi connectivity index (χ1n) is 5.12. The van der Waals surface area contributed by atoms with Gasteiger partial charge in [0.25, 0.3) is 5.91 Å². The highest BCUT2D eigenvalue weighted by Crippen LogP contribution is 2.19. The van der Waals surface area contributed by atoms with E-state index in [-0.39, 0.29) is 7.33 Å². The first-order valence-corrected chi connectivity index (χ1v) is 5.99. The molecule has 0 aliphatic heterocycles. The Bertz CT molecular complexity index is 331. The fourth-order valence-electron chi connectivity index (χ4n) is 1.90. The van der Waals surface area contributed by atoms with Crippen LogP contribution >= 0.6 is 11.3 Å². The van der Waals surface area contributed by atoms with Crippen LogP contribution in [0.5, 0.6) is 0 Å². The molecule has 1 aromatic rings. The number of thiophene rings is 1. The SMILES string of the molecule is Cc1cc(C(=O)NC2CCCC2)cs1.[HH]. The molecule has 1 aliphatic rings. The maximum atomic E-state index is 11.7. The van der Waals surface area contributed by atoms with Crippen molar-refractivity contribution in [3.63, 3.8) is 0 Å². The van der Waals surface area contributed by atoms with Gasteiger partial charge in [-0.05, 0) is 25.8 Å². The summed E-state index contributed by atoms with van der Waals surface area (Å²) < 4.78 is 0. The van der Waals surface area contributed by atoms with Crippen molar-refractivity contribution >= 4 is 17.2 Å². The van der Waals surface area contributed by atoms with Crippen LogP contribution in [0.1, 0.15) is 42.3 Å². The lowest BCUT2D eigenvalue weighted by molar-refractivity contribution is 0.0938. The monoisotopic (exact) mass is 211 g/mol. The van der Waals surface area contributed by atoms with E-state index in [1.54, 1.807) is 11.3 Å². The van der Waals surface area contributed by atoms with Gasteiger partial charge in [0.15, 0.2) is 0 Å². The Balaban J connectivity index is 0.00000112. The van der Waals surface area contributed by atoms with E-state index in [1.165, 1.54) is 17.7 Å². The van der Waals surface area contributed by atoms with Gasteiger partial charge in [-0.3, -0.25) is 4.79 Å². The third kappa shape index (κ3) is 2.15. The largest absolute Gasteiger partial charge is 0.349 e. The van der Waals surface area contributed by atoms with Gasteiger partial charge in [-0.25, -0.2) is 0 Å². The zero-order valence-corrected chi connectivity index (χ0v) is 9.19. The maximum Gasteiger partial charge on any atom is 0.252 e. The van der Waals surface area contributed by atoms with Crippen molar-refractivity contribution in [3.05, 3.63) is 21.9 Å². The molecule has 1 aromatic heterocycles. The minimum atomic E-state index is 0. The van der Waals surface area contributed by atoms with Gasteiger partial charge in [-0.2, -0.15) is 0 Å². The van der Waals surface area contributed by atoms with Crippen molar-refractivity contribution in [1.29, 1.82) is 0 Å². The highest BCUT2D eigenvalue weighted by atomic mass is 32.1. The molecule has 1 heterocycles. The smallest absolute Gasteiger partial charge is 0.252 e. The van der Waals surface area contributed by atoms with E-state index in [0.717, 1.165) is 18.4 Å². The highest BCUT2D eigenvalue weighted by Gasteiger charge is 2.18. The number of carbonyl (C=O) groups is 1. The van der Waals surface area contributed by atoms with Gasteiger partial charge in [-0.1, -0.05) is 12.8 Å². The summed E-state index contributed by atoms with van der Waals surface area (Å²) in [6, 6.07) is 2.37. The highest BCUT2D eigenvalue weighted by molar-refractivity contribution is 7.10. The molecule has 0 saturated heterocycles. The van der Waals surface area contributed by atoms with Crippen molar-refractivity contribution in [3.8, 4) is 0 Å². The Morgan fingerprint density at radius 3 is 2.86 bits per heavy atom. The van der Waals surface area contributed by atoms with Gasteiger partial charge in [0.05, 0.1) is 5.56 Å². The average Bonchev–Trinajstić information content (AvgIpc) is 2.75. The zero-order chi connectivity index (χ0) is 9.97. The summed E-state index contributed by atoms with van der Waals surface area (Å²) >= 11 is 1.63. The minimum Gasteiger partial charge on any atom is -0.349 e. The maximum absolute atomic E-state index is 11.7. The molecular formula is C11H17NOS. The molecule has 78 valence electrons. The minimum absolute atomic E-state index is 0. The quantitative estimate of drug-likeness (QED) is 0.800. The summed E-state index contributed by atoms with van der Waals surface area (Å²) in [6.45, 7) is 2.02. The molecule has 1 amide bonds. The second kappa shape index (κ2) is 4.13. The number of rotatable bonds is 2. The van der Waals surface area contributed by atoms with E-state index in [4.69, 9.17) is 0 Å². The molecule has 2 rings (SSSR count). The van der Waals surface area contributed by atoms with Crippen LogP contribution in [-0.4, -0.2) is 11.9 Å². The van der Waals surface area contributed by atoms with Crippen LogP contribution in [0.15, 0.2) is 11.4 Å². The second-order valence-corrected chi connectivity index (χ2v) is 5.02. The predicted octanol–water partition coefficient (Wildman–Crippen LogP) is 2.97. The van der Waals surface area contributed by atoms with Crippen molar-refractivity contribution < 1.29 is 6.22 Å². The first-order chi connectivity index (χ1) is 6.75. The Morgan fingerprint density at radius 1 is 1.57 bits per heavy atom. The molecule has 0 atom stereocenters. The van der Waals surface area contributed by atoms with Crippen LogP contribution in [0.25, 0.3) is 0 Å². The van der Waals surface area contributed by atoms with Gasteiger partial charge in [0.2, 0.25) is 0 Å². The molecule has 14 heavy (non-hydrogen) atoms. The van der Waals surface area contributed by atoms with Crippen molar-refractivity contribution in [2.45, 2.75) is 38.6 Å². The molecule has 0 unspecified atom stereocenters. The van der Waals surface area contributed by atoms with Crippen LogP contribution in [0.4, 0.5) is 0 Å². The lowest BCUT2D eigenvalue weighted by Gasteiger charge is -2.10. The summed E-state index contributed by atoms with van der Waals surface area (Å²) in [5.74, 6) is 0.0984. The van der Waals surface area contributed by atoms with Crippen LogP contribution in [0.3, 0.4) is 0 Å². The Kier molecular flexibility index (Phi) is 2.87. The second-order valence-electron chi connectivity index (χ2n) is 3.90. The summed E-state index contributed by atoms with van der Waals surface area (Å²) in [4.78, 5) is 12.9. The molecule has 0 aromatic carbocycles. The Labute approximate surface area is 89.8 Å². The van der Waals surface area contributed by atoms with Crippen LogP contribution in [0.2, 0.25) is 0 Å². The number of hydrogen-bond donors (Lipinski definition) is 1. The van der Waals surface area contributed by atoms with Crippen LogP contribution < -0.4 is 5.32 Å². The average molecular weight is 211 g/mol. The number of nitrogens with one attached hydrogen (secondary N) is 1. The van der Waals surface area contributed by atoms with Gasteiger partial charge in [0.1, 0.15) is 0 Å². The van der Waals surface area contributed by atoms with E-state index < -0.39 is 0 Å². The van der Waals surface area contributed by atoms with Gasteiger partial charge < -0.3 is 5.32 Å². The van der Waals surface area contributed by atoms with Gasteiger partial charge in [0, 0.05) is 17.7 Å². The van der Waals surface area contributed by atoms with Gasteiger partial charge in [-0.15, -0.1) is 11.3 Å². The molecule has 0 bridgehead atoms. The lowest BCUT2D eigenvalue weighted by atomic mass is 10.2. The Hall–Kier alpha value is -0.830. The van der Waals surface area contributed by atoms with E-state index >= 15 is 0 Å². The summed E-state index contributed by atoms with van der Waals surface area (Å²) in [5, 5.41) is 5.01. The normalized spacial score (nSPS) is 17.2. The summed E-state index contributed by atoms with van der Waals surface area (Å²) in [6.07, 6.45) is 4.81. The van der Waals surface area contributed by atoms with Crippen molar-refractivity contribution in [1.82, 2.24) is 5.32 Å². The molecule has 1 N–H and O–H groups in total. The molecule has 3 heteroatoms. The molecular weight excluding hydrogens is 194 g/mol. The third-order valence-corrected chi connectivity index (χ3v) is 3.54. The molecule has 1 saturated carbocycles. The topological polar surface area (TPSA) is 29.1 Å². The predicted molar refractivity (Wildman–Crippen MR) is 60.9 cm³/mol. The molecule has 1 aliphatic carbocycles. The van der Waals surface area contributed by atoms with Crippen LogP contribution in [0, 0.1) is 6.92 Å². The van der Waals surface area contributed by atoms with E-state index in [1.807, 2.05) is 18.4 Å². The third-order valence-electron chi connectivity index (χ3n) is 2.68. The fraction of sp³-hybridized carbons (Fsp3) is 0.545. The van der Waals surface area contributed by atoms with E-state index in [2.05, 4.69) is 5.32 Å². The molecule has 0 radical (unpaired) electrons. The number of amides is 1. The zero-order valence-electron chi connectivity index (χ0n) is 8.38.